The fraction of sp³-hybridized carbons (Fsp3) is 0.435. The highest BCUT2D eigenvalue weighted by Crippen LogP contribution is 2.27. The molecule has 0 aliphatic carbocycles. The molecule has 0 spiro atoms. The molecule has 0 saturated carbocycles. The number of nitrogens with zero attached hydrogens (tertiary/aromatic N) is 3. The summed E-state index contributed by atoms with van der Waals surface area (Å²) >= 11 is 0. The van der Waals surface area contributed by atoms with E-state index in [1.54, 1.807) is 0 Å². The normalized spacial score (nSPS) is 15.6. The van der Waals surface area contributed by atoms with E-state index in [9.17, 15) is 4.79 Å². The maximum absolute atomic E-state index is 13.2. The molecular formula is C23H28N4O2. The molecule has 1 aliphatic rings. The Labute approximate surface area is 171 Å². The van der Waals surface area contributed by atoms with Gasteiger partial charge in [0.1, 0.15) is 0 Å². The van der Waals surface area contributed by atoms with Gasteiger partial charge in [-0.15, -0.1) is 0 Å². The van der Waals surface area contributed by atoms with Gasteiger partial charge in [-0.3, -0.25) is 9.69 Å². The lowest BCUT2D eigenvalue weighted by atomic mass is 9.98. The second kappa shape index (κ2) is 7.95. The van der Waals surface area contributed by atoms with Gasteiger partial charge in [-0.1, -0.05) is 41.9 Å². The largest absolute Gasteiger partial charge is 0.350 e. The summed E-state index contributed by atoms with van der Waals surface area (Å²) in [6, 6.07) is 11.6. The lowest BCUT2D eigenvalue weighted by Gasteiger charge is -2.41. The van der Waals surface area contributed by atoms with Crippen LogP contribution in [0, 0.1) is 6.92 Å². The molecule has 3 aromatic rings. The third-order valence-electron chi connectivity index (χ3n) is 5.82. The first-order chi connectivity index (χ1) is 14.0. The average molecular weight is 393 g/mol. The lowest BCUT2D eigenvalue weighted by molar-refractivity contribution is 0.0798. The van der Waals surface area contributed by atoms with Crippen molar-refractivity contribution in [1.29, 1.82) is 0 Å². The van der Waals surface area contributed by atoms with Crippen molar-refractivity contribution in [2.24, 2.45) is 0 Å². The Kier molecular flexibility index (Phi) is 5.37. The molecular weight excluding hydrogens is 364 g/mol. The number of likely N-dealkylation sites (tertiary alicyclic amines) is 1. The van der Waals surface area contributed by atoms with Gasteiger partial charge in [0.05, 0.1) is 22.3 Å². The zero-order valence-corrected chi connectivity index (χ0v) is 17.4. The molecule has 3 heterocycles. The number of fused-ring (bicyclic) bond motifs is 1. The van der Waals surface area contributed by atoms with Crippen molar-refractivity contribution >= 4 is 17.0 Å². The van der Waals surface area contributed by atoms with Crippen LogP contribution in [0.25, 0.3) is 22.4 Å². The van der Waals surface area contributed by atoms with Gasteiger partial charge in [-0.2, -0.15) is 0 Å². The quantitative estimate of drug-likeness (QED) is 0.705. The second-order valence-electron chi connectivity index (χ2n) is 8.41. The Balaban J connectivity index is 1.62. The van der Waals surface area contributed by atoms with Gasteiger partial charge in [0.25, 0.3) is 11.6 Å². The van der Waals surface area contributed by atoms with E-state index in [1.165, 1.54) is 19.3 Å². The van der Waals surface area contributed by atoms with E-state index in [-0.39, 0.29) is 11.4 Å². The number of carbonyl (C=O) groups excluding carboxylic acids is 1. The second-order valence-corrected chi connectivity index (χ2v) is 8.41. The number of amides is 1. The summed E-state index contributed by atoms with van der Waals surface area (Å²) in [7, 11) is 0. The predicted molar refractivity (Wildman–Crippen MR) is 114 cm³/mol. The Morgan fingerprint density at radius 1 is 1.17 bits per heavy atom. The average Bonchev–Trinajstić information content (AvgIpc) is 3.13. The highest BCUT2D eigenvalue weighted by molar-refractivity contribution is 6.07. The molecule has 0 atom stereocenters. The Hall–Kier alpha value is -2.73. The fourth-order valence-electron chi connectivity index (χ4n) is 4.03. The molecule has 2 aromatic heterocycles. The summed E-state index contributed by atoms with van der Waals surface area (Å²) in [6.07, 6.45) is 3.74. The number of aromatic nitrogens is 2. The van der Waals surface area contributed by atoms with Crippen molar-refractivity contribution in [2.75, 3.05) is 19.6 Å². The summed E-state index contributed by atoms with van der Waals surface area (Å²) in [5.41, 5.74) is 3.17. The van der Waals surface area contributed by atoms with E-state index >= 15 is 0 Å². The van der Waals surface area contributed by atoms with Crippen LogP contribution < -0.4 is 5.32 Å². The van der Waals surface area contributed by atoms with Crippen molar-refractivity contribution in [2.45, 2.75) is 45.6 Å². The standard InChI is InChI=1S/C23H28N4O2/c1-16-20-18(21(28)24-15-23(2,3)27-12-8-5-9-13-27)14-19(25-22(20)29-26-16)17-10-6-4-7-11-17/h4,6-7,10-11,14H,5,8-9,12-13,15H2,1-3H3,(H,24,28). The zero-order valence-electron chi connectivity index (χ0n) is 17.4. The summed E-state index contributed by atoms with van der Waals surface area (Å²) in [5.74, 6) is -0.119. The first-order valence-electron chi connectivity index (χ1n) is 10.3. The van der Waals surface area contributed by atoms with Gasteiger partial charge in [0, 0.05) is 17.6 Å². The zero-order chi connectivity index (χ0) is 20.4. The molecule has 1 N–H and O–H groups in total. The van der Waals surface area contributed by atoms with Crippen LogP contribution in [0.1, 0.15) is 49.2 Å². The summed E-state index contributed by atoms with van der Waals surface area (Å²) < 4.78 is 5.39. The summed E-state index contributed by atoms with van der Waals surface area (Å²) in [4.78, 5) is 20.2. The van der Waals surface area contributed by atoms with E-state index in [2.05, 4.69) is 34.2 Å². The minimum atomic E-state index is -0.119. The smallest absolute Gasteiger partial charge is 0.259 e. The SMILES string of the molecule is Cc1noc2nc(-c3ccccc3)cc(C(=O)NCC(C)(C)N3CCCCC3)c12. The van der Waals surface area contributed by atoms with E-state index in [0.717, 1.165) is 18.7 Å². The molecule has 0 unspecified atom stereocenters. The third-order valence-corrected chi connectivity index (χ3v) is 5.82. The Morgan fingerprint density at radius 3 is 2.62 bits per heavy atom. The molecule has 1 aromatic carbocycles. The van der Waals surface area contributed by atoms with Crippen molar-refractivity contribution in [3.05, 3.63) is 47.7 Å². The molecule has 1 fully saturated rings. The van der Waals surface area contributed by atoms with Crippen LogP contribution in [0.4, 0.5) is 0 Å². The minimum absolute atomic E-state index is 0.0891. The van der Waals surface area contributed by atoms with Crippen LogP contribution in [-0.4, -0.2) is 46.1 Å². The van der Waals surface area contributed by atoms with E-state index in [4.69, 9.17) is 4.52 Å². The Bertz CT molecular complexity index is 1000. The minimum Gasteiger partial charge on any atom is -0.350 e. The summed E-state index contributed by atoms with van der Waals surface area (Å²) in [5, 5.41) is 7.86. The first-order valence-corrected chi connectivity index (χ1v) is 10.3. The molecule has 1 amide bonds. The molecule has 1 aliphatic heterocycles. The third kappa shape index (κ3) is 4.03. The molecule has 0 bridgehead atoms. The molecule has 6 nitrogen and oxygen atoms in total. The van der Waals surface area contributed by atoms with Crippen molar-refractivity contribution in [1.82, 2.24) is 20.4 Å². The highest BCUT2D eigenvalue weighted by atomic mass is 16.5. The maximum atomic E-state index is 13.2. The molecule has 0 radical (unpaired) electrons. The van der Waals surface area contributed by atoms with E-state index in [1.807, 2.05) is 43.3 Å². The first kappa shape index (κ1) is 19.6. The van der Waals surface area contributed by atoms with Crippen molar-refractivity contribution in [3.8, 4) is 11.3 Å². The van der Waals surface area contributed by atoms with Gasteiger partial charge < -0.3 is 9.84 Å². The van der Waals surface area contributed by atoms with Crippen LogP contribution in [0.3, 0.4) is 0 Å². The number of hydrogen-bond donors (Lipinski definition) is 1. The van der Waals surface area contributed by atoms with Crippen molar-refractivity contribution in [3.63, 3.8) is 0 Å². The van der Waals surface area contributed by atoms with Gasteiger partial charge in [0.2, 0.25) is 0 Å². The maximum Gasteiger partial charge on any atom is 0.259 e. The number of nitrogens with one attached hydrogen (secondary N) is 1. The van der Waals surface area contributed by atoms with Crippen LogP contribution in [0.5, 0.6) is 0 Å². The molecule has 29 heavy (non-hydrogen) atoms. The van der Waals surface area contributed by atoms with Crippen LogP contribution >= 0.6 is 0 Å². The number of carbonyl (C=O) groups is 1. The molecule has 4 rings (SSSR count). The van der Waals surface area contributed by atoms with Gasteiger partial charge in [0.15, 0.2) is 0 Å². The van der Waals surface area contributed by atoms with Gasteiger partial charge in [-0.25, -0.2) is 4.98 Å². The number of rotatable bonds is 5. The summed E-state index contributed by atoms with van der Waals surface area (Å²) in [6.45, 7) is 8.99. The van der Waals surface area contributed by atoms with Crippen LogP contribution in [-0.2, 0) is 0 Å². The topological polar surface area (TPSA) is 71.3 Å². The van der Waals surface area contributed by atoms with Crippen molar-refractivity contribution < 1.29 is 9.32 Å². The van der Waals surface area contributed by atoms with Gasteiger partial charge >= 0.3 is 0 Å². The van der Waals surface area contributed by atoms with E-state index < -0.39 is 0 Å². The van der Waals surface area contributed by atoms with Crippen LogP contribution in [0.2, 0.25) is 0 Å². The fourth-order valence-corrected chi connectivity index (χ4v) is 4.03. The van der Waals surface area contributed by atoms with E-state index in [0.29, 0.717) is 34.6 Å². The number of hydrogen-bond acceptors (Lipinski definition) is 5. The predicted octanol–water partition coefficient (Wildman–Crippen LogP) is 4.19. The van der Waals surface area contributed by atoms with Crippen LogP contribution in [0.15, 0.2) is 40.9 Å². The highest BCUT2D eigenvalue weighted by Gasteiger charge is 2.29. The van der Waals surface area contributed by atoms with Gasteiger partial charge in [-0.05, 0) is 52.8 Å². The molecule has 6 heteroatoms. The Morgan fingerprint density at radius 2 is 1.90 bits per heavy atom. The number of benzene rings is 1. The number of aryl methyl sites for hydroxylation is 1. The number of piperidine rings is 1. The molecule has 152 valence electrons. The lowest BCUT2D eigenvalue weighted by Crippen LogP contribution is -2.53. The number of pyridine rings is 1. The monoisotopic (exact) mass is 392 g/mol. The molecule has 1 saturated heterocycles.